The molecule has 221 valence electrons. The molecule has 0 unspecified atom stereocenters. The molecule has 0 saturated carbocycles. The third-order valence-electron chi connectivity index (χ3n) is 8.47. The molecule has 6 aromatic rings. The molecular weight excluding hydrogens is 551 g/mol. The molecular formula is C40H36BN2O2. The molecule has 6 rings (SSSR count). The Morgan fingerprint density at radius 1 is 0.533 bits per heavy atom. The van der Waals surface area contributed by atoms with Crippen LogP contribution in [-0.2, 0) is 4.65 Å². The van der Waals surface area contributed by atoms with Crippen LogP contribution < -0.4 is 5.46 Å². The fourth-order valence-electron chi connectivity index (χ4n) is 5.35. The number of rotatable bonds is 9. The number of aromatic nitrogens is 2. The number of aliphatic hydroxyl groups is 1. The van der Waals surface area contributed by atoms with E-state index < -0.39 is 11.2 Å². The molecule has 1 N–H and O–H groups in total. The van der Waals surface area contributed by atoms with Gasteiger partial charge in [-0.2, -0.15) is 0 Å². The van der Waals surface area contributed by atoms with Crippen LogP contribution >= 0.6 is 0 Å². The van der Waals surface area contributed by atoms with E-state index in [-0.39, 0.29) is 0 Å². The number of pyridine rings is 2. The zero-order valence-electron chi connectivity index (χ0n) is 26.1. The van der Waals surface area contributed by atoms with Crippen LogP contribution in [0.15, 0.2) is 140 Å². The Morgan fingerprint density at radius 3 is 1.67 bits per heavy atom. The maximum Gasteiger partial charge on any atom is 0.330 e. The van der Waals surface area contributed by atoms with Crippen molar-refractivity contribution in [2.24, 2.45) is 0 Å². The smallest absolute Gasteiger partial charge is 0.330 e. The van der Waals surface area contributed by atoms with Crippen LogP contribution in [0.2, 0.25) is 0 Å². The minimum atomic E-state index is -1.03. The lowest BCUT2D eigenvalue weighted by atomic mass is 9.78. The Morgan fingerprint density at radius 2 is 1.09 bits per heavy atom. The zero-order chi connectivity index (χ0) is 31.4. The van der Waals surface area contributed by atoms with Gasteiger partial charge in [-0.1, -0.05) is 103 Å². The van der Waals surface area contributed by atoms with E-state index in [1.807, 2.05) is 74.8 Å². The highest BCUT2D eigenvalue weighted by Gasteiger charge is 2.35. The molecule has 4 aromatic carbocycles. The summed E-state index contributed by atoms with van der Waals surface area (Å²) in [6, 6.07) is 43.7. The number of benzene rings is 4. The van der Waals surface area contributed by atoms with E-state index in [1.165, 1.54) is 0 Å². The summed E-state index contributed by atoms with van der Waals surface area (Å²) in [6.07, 6.45) is 3.69. The molecule has 0 aliphatic rings. The molecule has 0 aliphatic heterocycles. The lowest BCUT2D eigenvalue weighted by Gasteiger charge is -2.37. The van der Waals surface area contributed by atoms with Gasteiger partial charge in [0.2, 0.25) is 0 Å². The normalized spacial score (nSPS) is 11.8. The van der Waals surface area contributed by atoms with Crippen molar-refractivity contribution in [1.82, 2.24) is 9.97 Å². The maximum atomic E-state index is 10.7. The standard InChI is InChI=1S/C40H36BN2O2/c1-39(2,44)40(3,4)45-41-31-21-15-20-30(26-31)32-27-33(34-22-11-13-24-42-34)36(28-16-7-5-8-17-28)37(29-18-9-6-10-19-29)38(32)35-23-12-14-25-43-35/h5-27,44H,1-4H3. The van der Waals surface area contributed by atoms with Crippen molar-refractivity contribution in [3.05, 3.63) is 140 Å². The maximum absolute atomic E-state index is 10.7. The number of nitrogens with zero attached hydrogens (tertiary/aromatic N) is 2. The van der Waals surface area contributed by atoms with Crippen LogP contribution in [0.3, 0.4) is 0 Å². The second kappa shape index (κ2) is 12.6. The van der Waals surface area contributed by atoms with E-state index in [0.717, 1.165) is 61.4 Å². The molecule has 0 saturated heterocycles. The Kier molecular flexibility index (Phi) is 8.49. The van der Waals surface area contributed by atoms with Gasteiger partial charge in [0, 0.05) is 29.1 Å². The Hall–Kier alpha value is -4.84. The SMILES string of the molecule is CC(C)(O)C(C)(C)O[B]c1cccc(-c2cc(-c3ccccn3)c(-c3ccccc3)c(-c3ccccc3)c2-c2ccccn2)c1. The van der Waals surface area contributed by atoms with Gasteiger partial charge in [-0.15, -0.1) is 0 Å². The van der Waals surface area contributed by atoms with E-state index in [4.69, 9.17) is 14.6 Å². The Balaban J connectivity index is 1.67. The molecule has 0 fully saturated rings. The van der Waals surface area contributed by atoms with Crippen LogP contribution in [0.5, 0.6) is 0 Å². The average molecular weight is 588 g/mol. The Bertz CT molecular complexity index is 1890. The molecule has 1 radical (unpaired) electrons. The van der Waals surface area contributed by atoms with Crippen LogP contribution in [0.25, 0.3) is 55.9 Å². The molecule has 4 nitrogen and oxygen atoms in total. The fraction of sp³-hybridized carbons (Fsp3) is 0.150. The van der Waals surface area contributed by atoms with Crippen molar-refractivity contribution in [3.8, 4) is 55.9 Å². The molecule has 0 bridgehead atoms. The van der Waals surface area contributed by atoms with Gasteiger partial charge < -0.3 is 9.76 Å². The summed E-state index contributed by atoms with van der Waals surface area (Å²) < 4.78 is 6.15. The van der Waals surface area contributed by atoms with Crippen molar-refractivity contribution in [2.45, 2.75) is 38.9 Å². The van der Waals surface area contributed by atoms with Crippen molar-refractivity contribution in [1.29, 1.82) is 0 Å². The largest absolute Gasteiger partial charge is 0.427 e. The average Bonchev–Trinajstić information content (AvgIpc) is 3.07. The summed E-state index contributed by atoms with van der Waals surface area (Å²) in [5, 5.41) is 10.7. The lowest BCUT2D eigenvalue weighted by Crippen LogP contribution is -2.49. The van der Waals surface area contributed by atoms with Gasteiger partial charge >= 0.3 is 7.48 Å². The highest BCUT2D eigenvalue weighted by molar-refractivity contribution is 6.47. The fourth-order valence-corrected chi connectivity index (χ4v) is 5.35. The first-order valence-electron chi connectivity index (χ1n) is 15.2. The predicted octanol–water partition coefficient (Wildman–Crippen LogP) is 8.62. The monoisotopic (exact) mass is 587 g/mol. The van der Waals surface area contributed by atoms with Crippen LogP contribution in [-0.4, -0.2) is 33.8 Å². The third-order valence-corrected chi connectivity index (χ3v) is 8.47. The zero-order valence-corrected chi connectivity index (χ0v) is 26.1. The Labute approximate surface area is 266 Å². The van der Waals surface area contributed by atoms with Crippen LogP contribution in [0.4, 0.5) is 0 Å². The highest BCUT2D eigenvalue weighted by atomic mass is 16.5. The topological polar surface area (TPSA) is 55.2 Å². The lowest BCUT2D eigenvalue weighted by molar-refractivity contribution is -0.0893. The van der Waals surface area contributed by atoms with Gasteiger partial charge in [0.1, 0.15) is 0 Å². The first-order chi connectivity index (χ1) is 21.7. The van der Waals surface area contributed by atoms with Gasteiger partial charge in [-0.3, -0.25) is 9.97 Å². The quantitative estimate of drug-likeness (QED) is 0.172. The summed E-state index contributed by atoms with van der Waals surface area (Å²) in [5.74, 6) is 0. The summed E-state index contributed by atoms with van der Waals surface area (Å²) in [5.41, 5.74) is 9.35. The van der Waals surface area contributed by atoms with Gasteiger partial charge in [0.05, 0.1) is 22.6 Å². The molecule has 2 aromatic heterocycles. The van der Waals surface area contributed by atoms with Crippen LogP contribution in [0.1, 0.15) is 27.7 Å². The summed E-state index contributed by atoms with van der Waals surface area (Å²) >= 11 is 0. The van der Waals surface area contributed by atoms with Gasteiger partial charge in [-0.25, -0.2) is 0 Å². The van der Waals surface area contributed by atoms with Crippen molar-refractivity contribution < 1.29 is 9.76 Å². The molecule has 0 spiro atoms. The summed E-state index contributed by atoms with van der Waals surface area (Å²) in [6.45, 7) is 7.30. The van der Waals surface area contributed by atoms with Crippen molar-refractivity contribution >= 4 is 12.9 Å². The first kappa shape index (κ1) is 30.2. The van der Waals surface area contributed by atoms with Crippen molar-refractivity contribution in [2.75, 3.05) is 0 Å². The van der Waals surface area contributed by atoms with E-state index in [9.17, 15) is 5.11 Å². The van der Waals surface area contributed by atoms with Gasteiger partial charge in [0.25, 0.3) is 0 Å². The number of hydrogen-bond donors (Lipinski definition) is 1. The number of hydrogen-bond acceptors (Lipinski definition) is 4. The van der Waals surface area contributed by atoms with Gasteiger partial charge in [0.15, 0.2) is 0 Å². The van der Waals surface area contributed by atoms with E-state index in [1.54, 1.807) is 21.3 Å². The first-order valence-corrected chi connectivity index (χ1v) is 15.2. The minimum Gasteiger partial charge on any atom is -0.427 e. The van der Waals surface area contributed by atoms with Crippen LogP contribution in [0, 0.1) is 0 Å². The van der Waals surface area contributed by atoms with E-state index in [0.29, 0.717) is 0 Å². The minimum absolute atomic E-state index is 0.786. The molecule has 45 heavy (non-hydrogen) atoms. The van der Waals surface area contributed by atoms with E-state index in [2.05, 4.69) is 78.9 Å². The second-order valence-corrected chi connectivity index (χ2v) is 12.2. The predicted molar refractivity (Wildman–Crippen MR) is 186 cm³/mol. The molecule has 0 amide bonds. The highest BCUT2D eigenvalue weighted by Crippen LogP contribution is 2.49. The summed E-state index contributed by atoms with van der Waals surface area (Å²) in [7, 11) is 1.73. The molecule has 0 atom stereocenters. The second-order valence-electron chi connectivity index (χ2n) is 12.2. The van der Waals surface area contributed by atoms with Gasteiger partial charge in [-0.05, 0) is 85.8 Å². The van der Waals surface area contributed by atoms with E-state index >= 15 is 0 Å². The molecule has 5 heteroatoms. The molecule has 0 aliphatic carbocycles. The van der Waals surface area contributed by atoms with Crippen molar-refractivity contribution in [3.63, 3.8) is 0 Å². The third kappa shape index (κ3) is 6.37. The summed E-state index contributed by atoms with van der Waals surface area (Å²) in [4.78, 5) is 9.74. The molecule has 2 heterocycles.